The van der Waals surface area contributed by atoms with Crippen molar-refractivity contribution in [2.24, 2.45) is 0 Å². The van der Waals surface area contributed by atoms with Crippen molar-refractivity contribution in [3.8, 4) is 0 Å². The van der Waals surface area contributed by atoms with Crippen LogP contribution >= 0.6 is 46.3 Å². The van der Waals surface area contributed by atoms with E-state index in [1.165, 1.54) is 24.3 Å². The molecular weight excluding hydrogens is 423 g/mol. The van der Waals surface area contributed by atoms with E-state index in [1.54, 1.807) is 0 Å². The highest BCUT2D eigenvalue weighted by Crippen LogP contribution is 2.19. The molecule has 0 unspecified atom stereocenters. The van der Waals surface area contributed by atoms with E-state index in [4.69, 9.17) is 32.7 Å². The lowest BCUT2D eigenvalue weighted by molar-refractivity contribution is 0.0454. The minimum absolute atomic E-state index is 0.0829. The highest BCUT2D eigenvalue weighted by molar-refractivity contribution is 7.10. The SMILES string of the molecule is O=C(OCc1nnsc1Cl)c1ccc(C(=O)OCc2nnsc2Cl)cc1. The topological polar surface area (TPSA) is 104 Å². The van der Waals surface area contributed by atoms with Crippen molar-refractivity contribution in [1.29, 1.82) is 0 Å². The lowest BCUT2D eigenvalue weighted by Crippen LogP contribution is -2.08. The average molecular weight is 431 g/mol. The number of rotatable bonds is 6. The summed E-state index contributed by atoms with van der Waals surface area (Å²) in [5.41, 5.74) is 1.32. The maximum Gasteiger partial charge on any atom is 0.338 e. The van der Waals surface area contributed by atoms with Crippen molar-refractivity contribution in [2.75, 3.05) is 0 Å². The fourth-order valence-electron chi connectivity index (χ4n) is 1.74. The first-order chi connectivity index (χ1) is 12.5. The van der Waals surface area contributed by atoms with E-state index in [-0.39, 0.29) is 24.3 Å². The van der Waals surface area contributed by atoms with E-state index < -0.39 is 11.9 Å². The number of nitrogens with zero attached hydrogens (tertiary/aromatic N) is 4. The van der Waals surface area contributed by atoms with Crippen LogP contribution in [0.3, 0.4) is 0 Å². The Morgan fingerprint density at radius 2 is 1.19 bits per heavy atom. The zero-order valence-corrected chi connectivity index (χ0v) is 15.9. The average Bonchev–Trinajstić information content (AvgIpc) is 3.25. The van der Waals surface area contributed by atoms with E-state index in [0.29, 0.717) is 20.1 Å². The Bertz CT molecular complexity index is 854. The van der Waals surface area contributed by atoms with Crippen molar-refractivity contribution in [2.45, 2.75) is 13.2 Å². The van der Waals surface area contributed by atoms with Crippen LogP contribution in [0.5, 0.6) is 0 Å². The van der Waals surface area contributed by atoms with Gasteiger partial charge in [-0.2, -0.15) is 0 Å². The molecule has 0 radical (unpaired) electrons. The predicted octanol–water partition coefficient (Wildman–Crippen LogP) is 3.41. The van der Waals surface area contributed by atoms with Crippen molar-refractivity contribution in [1.82, 2.24) is 19.2 Å². The molecule has 2 aromatic heterocycles. The van der Waals surface area contributed by atoms with Crippen LogP contribution in [0.2, 0.25) is 8.67 Å². The Morgan fingerprint density at radius 3 is 1.50 bits per heavy atom. The Kier molecular flexibility index (Phi) is 6.09. The summed E-state index contributed by atoms with van der Waals surface area (Å²) >= 11 is 13.7. The predicted molar refractivity (Wildman–Crippen MR) is 94.5 cm³/mol. The maximum atomic E-state index is 12.0. The quantitative estimate of drug-likeness (QED) is 0.547. The van der Waals surface area contributed by atoms with Crippen LogP contribution in [-0.4, -0.2) is 31.1 Å². The molecule has 0 saturated carbocycles. The monoisotopic (exact) mass is 430 g/mol. The van der Waals surface area contributed by atoms with Gasteiger partial charge in [0.25, 0.3) is 0 Å². The molecule has 0 amide bonds. The molecule has 0 aliphatic rings. The minimum atomic E-state index is -0.575. The van der Waals surface area contributed by atoms with Gasteiger partial charge in [-0.15, -0.1) is 10.2 Å². The first kappa shape index (κ1) is 18.6. The smallest absolute Gasteiger partial charge is 0.338 e. The summed E-state index contributed by atoms with van der Waals surface area (Å²) in [6.07, 6.45) is 0. The third-order valence-electron chi connectivity index (χ3n) is 3.06. The summed E-state index contributed by atoms with van der Waals surface area (Å²) < 4.78 is 18.2. The molecule has 1 aromatic carbocycles. The van der Waals surface area contributed by atoms with E-state index in [1.807, 2.05) is 0 Å². The maximum absolute atomic E-state index is 12.0. The van der Waals surface area contributed by atoms with Crippen LogP contribution in [0, 0.1) is 0 Å². The number of aromatic nitrogens is 4. The number of carbonyl (C=O) groups is 2. The lowest BCUT2D eigenvalue weighted by Gasteiger charge is -2.05. The van der Waals surface area contributed by atoms with E-state index >= 15 is 0 Å². The van der Waals surface area contributed by atoms with Gasteiger partial charge in [0.2, 0.25) is 0 Å². The molecule has 26 heavy (non-hydrogen) atoms. The molecule has 3 rings (SSSR count). The summed E-state index contributed by atoms with van der Waals surface area (Å²) in [4.78, 5) is 24.0. The molecule has 0 atom stereocenters. The van der Waals surface area contributed by atoms with Crippen LogP contribution in [0.25, 0.3) is 0 Å². The van der Waals surface area contributed by atoms with Gasteiger partial charge in [-0.3, -0.25) is 0 Å². The second kappa shape index (κ2) is 8.49. The van der Waals surface area contributed by atoms with Crippen molar-refractivity contribution >= 4 is 58.2 Å². The van der Waals surface area contributed by atoms with Gasteiger partial charge in [0, 0.05) is 23.1 Å². The number of benzene rings is 1. The normalized spacial score (nSPS) is 10.5. The molecule has 2 heterocycles. The third-order valence-corrected chi connectivity index (χ3v) is 5.02. The van der Waals surface area contributed by atoms with Crippen molar-refractivity contribution < 1.29 is 19.1 Å². The largest absolute Gasteiger partial charge is 0.455 e. The number of hydrogen-bond donors (Lipinski definition) is 0. The fraction of sp³-hybridized carbons (Fsp3) is 0.143. The highest BCUT2D eigenvalue weighted by atomic mass is 35.5. The summed E-state index contributed by atoms with van der Waals surface area (Å²) in [6.45, 7) is -0.166. The third kappa shape index (κ3) is 4.52. The highest BCUT2D eigenvalue weighted by Gasteiger charge is 2.14. The molecule has 134 valence electrons. The molecule has 0 saturated heterocycles. The lowest BCUT2D eigenvalue weighted by atomic mass is 10.1. The molecule has 0 fully saturated rings. The van der Waals surface area contributed by atoms with Gasteiger partial charge in [-0.25, -0.2) is 9.59 Å². The Balaban J connectivity index is 1.55. The van der Waals surface area contributed by atoms with Gasteiger partial charge in [0.05, 0.1) is 11.1 Å². The zero-order chi connectivity index (χ0) is 18.5. The van der Waals surface area contributed by atoms with Crippen LogP contribution in [0.15, 0.2) is 24.3 Å². The first-order valence-corrected chi connectivity index (χ1v) is 9.22. The summed E-state index contributed by atoms with van der Waals surface area (Å²) in [7, 11) is 0. The van der Waals surface area contributed by atoms with Gasteiger partial charge in [0.1, 0.15) is 33.3 Å². The number of esters is 2. The fourth-order valence-corrected chi connectivity index (χ4v) is 2.95. The number of ether oxygens (including phenoxy) is 2. The molecule has 12 heteroatoms. The van der Waals surface area contributed by atoms with Gasteiger partial charge in [-0.05, 0) is 24.3 Å². The number of carbonyl (C=O) groups excluding carboxylic acids is 2. The molecular formula is C14H8Cl2N4O4S2. The summed E-state index contributed by atoms with van der Waals surface area (Å²) in [5.74, 6) is -1.15. The molecule has 0 aliphatic heterocycles. The van der Waals surface area contributed by atoms with E-state index in [0.717, 1.165) is 23.1 Å². The molecule has 0 N–H and O–H groups in total. The molecule has 3 aromatic rings. The summed E-state index contributed by atoms with van der Waals surface area (Å²) in [5, 5.41) is 7.49. The van der Waals surface area contributed by atoms with E-state index in [2.05, 4.69) is 19.2 Å². The standard InChI is InChI=1S/C14H8Cl2N4O4S2/c15-11-9(17-19-25-11)5-23-13(21)7-1-2-8(4-3-7)14(22)24-6-10-12(16)26-20-18-10/h1-4H,5-6H2. The summed E-state index contributed by atoms with van der Waals surface area (Å²) in [6, 6.07) is 5.82. The van der Waals surface area contributed by atoms with Gasteiger partial charge in [0.15, 0.2) is 0 Å². The van der Waals surface area contributed by atoms with Gasteiger partial charge in [-0.1, -0.05) is 32.2 Å². The zero-order valence-electron chi connectivity index (χ0n) is 12.7. The number of hydrogen-bond acceptors (Lipinski definition) is 10. The Hall–Kier alpha value is -2.14. The van der Waals surface area contributed by atoms with Crippen molar-refractivity contribution in [3.05, 3.63) is 55.5 Å². The van der Waals surface area contributed by atoms with Crippen LogP contribution in [-0.2, 0) is 22.7 Å². The van der Waals surface area contributed by atoms with Crippen LogP contribution < -0.4 is 0 Å². The molecule has 0 aliphatic carbocycles. The van der Waals surface area contributed by atoms with E-state index in [9.17, 15) is 9.59 Å². The second-order valence-corrected chi connectivity index (χ2v) is 7.43. The molecule has 0 bridgehead atoms. The Morgan fingerprint density at radius 1 is 0.808 bits per heavy atom. The molecule has 8 nitrogen and oxygen atoms in total. The van der Waals surface area contributed by atoms with Crippen LogP contribution in [0.4, 0.5) is 0 Å². The minimum Gasteiger partial charge on any atom is -0.455 e. The van der Waals surface area contributed by atoms with Crippen molar-refractivity contribution in [3.63, 3.8) is 0 Å². The molecule has 0 spiro atoms. The second-order valence-electron chi connectivity index (χ2n) is 4.72. The van der Waals surface area contributed by atoms with Gasteiger partial charge < -0.3 is 9.47 Å². The van der Waals surface area contributed by atoms with Crippen LogP contribution in [0.1, 0.15) is 32.1 Å². The Labute approximate surface area is 165 Å². The first-order valence-electron chi connectivity index (χ1n) is 6.92. The number of halogens is 2. The van der Waals surface area contributed by atoms with Gasteiger partial charge >= 0.3 is 11.9 Å².